The maximum Gasteiger partial charge on any atom is 0.285 e. The molecule has 1 heterocycles. The van der Waals surface area contributed by atoms with Gasteiger partial charge in [0.05, 0.1) is 5.41 Å². The third-order valence-electron chi connectivity index (χ3n) is 2.17. The van der Waals surface area contributed by atoms with Gasteiger partial charge in [0.15, 0.2) is 0 Å². The second-order valence-electron chi connectivity index (χ2n) is 3.32. The Bertz CT molecular complexity index is 614. The maximum atomic E-state index is 11.9. The lowest BCUT2D eigenvalue weighted by Gasteiger charge is -2.14. The molecule has 0 atom stereocenters. The van der Waals surface area contributed by atoms with Gasteiger partial charge in [0.1, 0.15) is 11.2 Å². The van der Waals surface area contributed by atoms with E-state index in [2.05, 4.69) is 0 Å². The predicted octanol–water partition coefficient (Wildman–Crippen LogP) is 0.757. The van der Waals surface area contributed by atoms with Crippen molar-refractivity contribution in [2.75, 3.05) is 0 Å². The van der Waals surface area contributed by atoms with E-state index in [1.165, 1.54) is 0 Å². The van der Waals surface area contributed by atoms with Crippen LogP contribution in [0.3, 0.4) is 0 Å². The van der Waals surface area contributed by atoms with E-state index in [0.717, 1.165) is 11.7 Å². The first-order valence-corrected chi connectivity index (χ1v) is 6.25. The number of hydrogen-bond donors (Lipinski definition) is 1. The summed E-state index contributed by atoms with van der Waals surface area (Å²) < 4.78 is 28.6. The number of carbonyl (C=O) groups is 1. The molecule has 1 aliphatic rings. The molecule has 2 rings (SSSR count). The van der Waals surface area contributed by atoms with Gasteiger partial charge >= 0.3 is 0 Å². The zero-order valence-electron chi connectivity index (χ0n) is 8.66. The number of sulfone groups is 1. The molecular weight excluding hydrogens is 242 g/mol. The monoisotopic (exact) mass is 251 g/mol. The van der Waals surface area contributed by atoms with E-state index in [0.29, 0.717) is 5.56 Å². The van der Waals surface area contributed by atoms with Crippen LogP contribution < -0.4 is 5.73 Å². The van der Waals surface area contributed by atoms with Crippen LogP contribution in [0.4, 0.5) is 0 Å². The second kappa shape index (κ2) is 4.06. The standard InChI is InChI=1S/C11H9NO4S/c12-11(13)9-10(8-4-2-1-3-5-8)17(14,15)7-6-16-9/h1-7H,(H2,12,13). The van der Waals surface area contributed by atoms with Crippen LogP contribution in [0.5, 0.6) is 0 Å². The number of primary amides is 1. The Morgan fingerprint density at radius 1 is 1.18 bits per heavy atom. The highest BCUT2D eigenvalue weighted by Gasteiger charge is 2.29. The summed E-state index contributed by atoms with van der Waals surface area (Å²) in [5, 5.41) is 0.891. The fourth-order valence-corrected chi connectivity index (χ4v) is 2.68. The summed E-state index contributed by atoms with van der Waals surface area (Å²) in [6, 6.07) is 8.19. The van der Waals surface area contributed by atoms with Crippen LogP contribution in [0.15, 0.2) is 47.8 Å². The molecule has 1 amide bonds. The summed E-state index contributed by atoms with van der Waals surface area (Å²) in [6.45, 7) is 0. The molecule has 0 fully saturated rings. The van der Waals surface area contributed by atoms with Crippen LogP contribution in [0.2, 0.25) is 0 Å². The van der Waals surface area contributed by atoms with Gasteiger partial charge in [-0.2, -0.15) is 0 Å². The number of ether oxygens (including phenoxy) is 1. The average Bonchev–Trinajstić information content (AvgIpc) is 2.28. The highest BCUT2D eigenvalue weighted by molar-refractivity contribution is 8.03. The summed E-state index contributed by atoms with van der Waals surface area (Å²) in [4.78, 5) is 11.0. The normalized spacial score (nSPS) is 17.6. The minimum atomic E-state index is -3.70. The molecule has 88 valence electrons. The predicted molar refractivity (Wildman–Crippen MR) is 61.7 cm³/mol. The highest BCUT2D eigenvalue weighted by Crippen LogP contribution is 2.30. The Kier molecular flexibility index (Phi) is 2.72. The zero-order chi connectivity index (χ0) is 12.5. The topological polar surface area (TPSA) is 86.5 Å². The smallest absolute Gasteiger partial charge is 0.285 e. The van der Waals surface area contributed by atoms with Crippen molar-refractivity contribution in [2.24, 2.45) is 5.73 Å². The van der Waals surface area contributed by atoms with Gasteiger partial charge in [0, 0.05) is 0 Å². The molecule has 0 bridgehead atoms. The van der Waals surface area contributed by atoms with Crippen molar-refractivity contribution in [3.8, 4) is 0 Å². The van der Waals surface area contributed by atoms with Gasteiger partial charge < -0.3 is 10.5 Å². The molecule has 17 heavy (non-hydrogen) atoms. The lowest BCUT2D eigenvalue weighted by molar-refractivity contribution is -0.116. The molecule has 1 aromatic carbocycles. The second-order valence-corrected chi connectivity index (χ2v) is 5.09. The van der Waals surface area contributed by atoms with Crippen molar-refractivity contribution in [2.45, 2.75) is 0 Å². The summed E-state index contributed by atoms with van der Waals surface area (Å²) in [6.07, 6.45) is 0.932. The van der Waals surface area contributed by atoms with E-state index < -0.39 is 15.7 Å². The van der Waals surface area contributed by atoms with Gasteiger partial charge in [-0.1, -0.05) is 30.3 Å². The lowest BCUT2D eigenvalue weighted by Crippen LogP contribution is -2.21. The zero-order valence-corrected chi connectivity index (χ0v) is 9.48. The quantitative estimate of drug-likeness (QED) is 0.840. The van der Waals surface area contributed by atoms with E-state index in [4.69, 9.17) is 10.5 Å². The number of rotatable bonds is 2. The Labute approximate surface area is 98.1 Å². The molecule has 1 aromatic rings. The Hall–Kier alpha value is -2.08. The van der Waals surface area contributed by atoms with Gasteiger partial charge in [-0.3, -0.25) is 4.79 Å². The van der Waals surface area contributed by atoms with Crippen molar-refractivity contribution in [1.82, 2.24) is 0 Å². The van der Waals surface area contributed by atoms with E-state index in [-0.39, 0.29) is 10.7 Å². The number of nitrogens with two attached hydrogens (primary N) is 1. The fraction of sp³-hybridized carbons (Fsp3) is 0. The van der Waals surface area contributed by atoms with E-state index in [1.54, 1.807) is 30.3 Å². The van der Waals surface area contributed by atoms with Gasteiger partial charge in [-0.25, -0.2) is 8.42 Å². The first-order chi connectivity index (χ1) is 8.02. The first kappa shape index (κ1) is 11.4. The van der Waals surface area contributed by atoms with E-state index in [1.807, 2.05) is 0 Å². The molecule has 6 heteroatoms. The van der Waals surface area contributed by atoms with Crippen molar-refractivity contribution in [3.63, 3.8) is 0 Å². The van der Waals surface area contributed by atoms with Crippen molar-refractivity contribution >= 4 is 20.6 Å². The molecule has 0 unspecified atom stereocenters. The maximum absolute atomic E-state index is 11.9. The van der Waals surface area contributed by atoms with Gasteiger partial charge in [-0.15, -0.1) is 0 Å². The van der Waals surface area contributed by atoms with E-state index >= 15 is 0 Å². The molecule has 0 saturated heterocycles. The van der Waals surface area contributed by atoms with Gasteiger partial charge in [0.2, 0.25) is 15.6 Å². The van der Waals surface area contributed by atoms with Crippen molar-refractivity contribution < 1.29 is 17.9 Å². The van der Waals surface area contributed by atoms with Crippen LogP contribution in [0.1, 0.15) is 5.56 Å². The Morgan fingerprint density at radius 2 is 1.82 bits per heavy atom. The molecule has 0 spiro atoms. The van der Waals surface area contributed by atoms with Gasteiger partial charge in [0.25, 0.3) is 5.91 Å². The van der Waals surface area contributed by atoms with Crippen LogP contribution in [0, 0.1) is 0 Å². The Morgan fingerprint density at radius 3 is 2.41 bits per heavy atom. The molecular formula is C11H9NO4S. The molecule has 0 radical (unpaired) electrons. The number of hydrogen-bond acceptors (Lipinski definition) is 4. The summed E-state index contributed by atoms with van der Waals surface area (Å²) in [5.41, 5.74) is 5.46. The summed E-state index contributed by atoms with van der Waals surface area (Å²) >= 11 is 0. The Balaban J connectivity index is 2.71. The minimum Gasteiger partial charge on any atom is -0.457 e. The van der Waals surface area contributed by atoms with Crippen molar-refractivity contribution in [1.29, 1.82) is 0 Å². The average molecular weight is 251 g/mol. The molecule has 0 saturated carbocycles. The SMILES string of the molecule is NC(=O)C1=C(c2ccccc2)S(=O)(=O)C=CO1. The van der Waals surface area contributed by atoms with Gasteiger partial charge in [-0.05, 0) is 5.56 Å². The first-order valence-electron chi connectivity index (χ1n) is 4.70. The largest absolute Gasteiger partial charge is 0.457 e. The third kappa shape index (κ3) is 2.07. The minimum absolute atomic E-state index is 0.201. The molecule has 2 N–H and O–H groups in total. The summed E-state index contributed by atoms with van der Waals surface area (Å²) in [7, 11) is -3.70. The highest BCUT2D eigenvalue weighted by atomic mass is 32.2. The molecule has 1 aliphatic heterocycles. The number of benzene rings is 1. The van der Waals surface area contributed by atoms with Crippen LogP contribution >= 0.6 is 0 Å². The number of carbonyl (C=O) groups excluding carboxylic acids is 1. The van der Waals surface area contributed by atoms with Crippen LogP contribution in [-0.4, -0.2) is 14.3 Å². The lowest BCUT2D eigenvalue weighted by atomic mass is 10.2. The molecule has 5 nitrogen and oxygen atoms in total. The summed E-state index contributed by atoms with van der Waals surface area (Å²) in [5.74, 6) is -1.28. The molecule has 0 aliphatic carbocycles. The van der Waals surface area contributed by atoms with E-state index in [9.17, 15) is 13.2 Å². The fourth-order valence-electron chi connectivity index (χ4n) is 1.47. The van der Waals surface area contributed by atoms with Crippen molar-refractivity contribution in [3.05, 3.63) is 53.3 Å². The third-order valence-corrected chi connectivity index (χ3v) is 3.63. The molecule has 0 aromatic heterocycles. The number of amides is 1. The van der Waals surface area contributed by atoms with Crippen LogP contribution in [0.25, 0.3) is 4.91 Å². The van der Waals surface area contributed by atoms with Crippen LogP contribution in [-0.2, 0) is 19.4 Å².